The van der Waals surface area contributed by atoms with E-state index in [9.17, 15) is 14.4 Å². The van der Waals surface area contributed by atoms with Crippen LogP contribution in [0.5, 0.6) is 0 Å². The molecule has 0 spiro atoms. The summed E-state index contributed by atoms with van der Waals surface area (Å²) >= 11 is 0. The fourth-order valence-electron chi connectivity index (χ4n) is 7.14. The van der Waals surface area contributed by atoms with Crippen LogP contribution in [0.3, 0.4) is 0 Å². The van der Waals surface area contributed by atoms with Crippen molar-refractivity contribution in [2.24, 2.45) is 0 Å². The van der Waals surface area contributed by atoms with E-state index >= 15 is 0 Å². The van der Waals surface area contributed by atoms with Gasteiger partial charge in [0.2, 0.25) is 0 Å². The molecular weight excluding hydrogens is 841 g/mol. The van der Waals surface area contributed by atoms with Crippen molar-refractivity contribution in [2.75, 3.05) is 13.2 Å². The second kappa shape index (κ2) is 55.1. The van der Waals surface area contributed by atoms with Gasteiger partial charge < -0.3 is 14.2 Å². The van der Waals surface area contributed by atoms with E-state index in [0.717, 1.165) is 96.3 Å². The summed E-state index contributed by atoms with van der Waals surface area (Å²) in [6, 6.07) is 0. The molecule has 0 bridgehead atoms. The smallest absolute Gasteiger partial charge is 0.306 e. The Morgan fingerprint density at radius 2 is 0.574 bits per heavy atom. The Hall–Kier alpha value is -4.45. The van der Waals surface area contributed by atoms with Gasteiger partial charge in [0.25, 0.3) is 0 Å². The van der Waals surface area contributed by atoms with Crippen LogP contribution in [0.4, 0.5) is 0 Å². The Morgan fingerprint density at radius 3 is 0.912 bits per heavy atom. The van der Waals surface area contributed by atoms with Crippen molar-refractivity contribution >= 4 is 17.9 Å². The molecule has 1 unspecified atom stereocenters. The molecule has 0 saturated heterocycles. The predicted octanol–water partition coefficient (Wildman–Crippen LogP) is 18.3. The molecule has 0 aliphatic rings. The van der Waals surface area contributed by atoms with E-state index in [1.807, 2.05) is 91.1 Å². The quantitative estimate of drug-likeness (QED) is 0.0262. The number of hydrogen-bond donors (Lipinski definition) is 0. The average molecular weight is 939 g/mol. The monoisotopic (exact) mass is 939 g/mol. The van der Waals surface area contributed by atoms with E-state index in [2.05, 4.69) is 63.3 Å². The van der Waals surface area contributed by atoms with Gasteiger partial charge in [-0.15, -0.1) is 0 Å². The Kier molecular flexibility index (Phi) is 51.5. The molecular formula is C62H98O6. The molecule has 0 saturated carbocycles. The number of carbonyl (C=O) groups is 3. The fourth-order valence-corrected chi connectivity index (χ4v) is 7.14. The molecule has 0 N–H and O–H groups in total. The maximum atomic E-state index is 12.8. The number of carbonyl (C=O) groups excluding carboxylic acids is 3. The van der Waals surface area contributed by atoms with Crippen LogP contribution in [0.1, 0.15) is 220 Å². The van der Waals surface area contributed by atoms with Crippen molar-refractivity contribution in [3.8, 4) is 0 Å². The van der Waals surface area contributed by atoms with Gasteiger partial charge in [0.1, 0.15) is 13.2 Å². The number of allylic oxidation sites excluding steroid dienone is 22. The van der Waals surface area contributed by atoms with Crippen molar-refractivity contribution in [3.63, 3.8) is 0 Å². The SMILES string of the molecule is CC\C=C/C=C\C=C/C=C\C=C\C=C/C=C\CCCCCC(=O)OCC(COC(=O)CCCCCCC\C=C/C=C\C=C/C=C\CC)OC(=O)CCCCCCCCCCCCCCCCCC. The van der Waals surface area contributed by atoms with Gasteiger partial charge in [-0.2, -0.15) is 0 Å². The van der Waals surface area contributed by atoms with Gasteiger partial charge in [-0.3, -0.25) is 14.4 Å². The van der Waals surface area contributed by atoms with Gasteiger partial charge in [0.05, 0.1) is 0 Å². The van der Waals surface area contributed by atoms with E-state index in [-0.39, 0.29) is 31.1 Å². The van der Waals surface area contributed by atoms with Gasteiger partial charge in [-0.1, -0.05) is 276 Å². The molecule has 0 aromatic heterocycles. The highest BCUT2D eigenvalue weighted by atomic mass is 16.6. The van der Waals surface area contributed by atoms with E-state index in [1.54, 1.807) is 0 Å². The first-order valence-electron chi connectivity index (χ1n) is 27.3. The molecule has 6 heteroatoms. The van der Waals surface area contributed by atoms with Crippen LogP contribution in [0.25, 0.3) is 0 Å². The van der Waals surface area contributed by atoms with Crippen LogP contribution < -0.4 is 0 Å². The van der Waals surface area contributed by atoms with Crippen LogP contribution in [0.2, 0.25) is 0 Å². The Morgan fingerprint density at radius 1 is 0.309 bits per heavy atom. The Bertz CT molecular complexity index is 1500. The maximum Gasteiger partial charge on any atom is 0.306 e. The first kappa shape index (κ1) is 63.5. The van der Waals surface area contributed by atoms with Crippen LogP contribution >= 0.6 is 0 Å². The van der Waals surface area contributed by atoms with Crippen molar-refractivity contribution in [2.45, 2.75) is 226 Å². The number of hydrogen-bond acceptors (Lipinski definition) is 6. The lowest BCUT2D eigenvalue weighted by atomic mass is 10.0. The molecule has 6 nitrogen and oxygen atoms in total. The van der Waals surface area contributed by atoms with E-state index < -0.39 is 6.10 Å². The van der Waals surface area contributed by atoms with Gasteiger partial charge in [-0.25, -0.2) is 0 Å². The highest BCUT2D eigenvalue weighted by Gasteiger charge is 2.19. The third-order valence-corrected chi connectivity index (χ3v) is 11.2. The highest BCUT2D eigenvalue weighted by molar-refractivity contribution is 5.71. The molecule has 1 atom stereocenters. The van der Waals surface area contributed by atoms with Crippen LogP contribution in [-0.2, 0) is 28.6 Å². The molecule has 0 aromatic rings. The second-order valence-corrected chi connectivity index (χ2v) is 17.7. The topological polar surface area (TPSA) is 78.9 Å². The highest BCUT2D eigenvalue weighted by Crippen LogP contribution is 2.15. The summed E-state index contributed by atoms with van der Waals surface area (Å²) in [5.74, 6) is -0.978. The molecule has 0 amide bonds. The lowest BCUT2D eigenvalue weighted by Gasteiger charge is -2.18. The first-order valence-corrected chi connectivity index (χ1v) is 27.3. The summed E-state index contributed by atoms with van der Waals surface area (Å²) in [5.41, 5.74) is 0. The van der Waals surface area contributed by atoms with Gasteiger partial charge in [0, 0.05) is 19.3 Å². The Labute approximate surface area is 417 Å². The first-order chi connectivity index (χ1) is 33.5. The molecule has 0 aliphatic heterocycles. The molecule has 382 valence electrons. The van der Waals surface area contributed by atoms with E-state index in [4.69, 9.17) is 14.2 Å². The second-order valence-electron chi connectivity index (χ2n) is 17.7. The summed E-state index contributed by atoms with van der Waals surface area (Å²) < 4.78 is 16.8. The zero-order chi connectivity index (χ0) is 49.3. The third-order valence-electron chi connectivity index (χ3n) is 11.2. The maximum absolute atomic E-state index is 12.8. The molecule has 0 aromatic carbocycles. The van der Waals surface area contributed by atoms with Gasteiger partial charge in [-0.05, 0) is 57.8 Å². The molecule has 0 heterocycles. The molecule has 68 heavy (non-hydrogen) atoms. The van der Waals surface area contributed by atoms with E-state index in [1.165, 1.54) is 83.5 Å². The van der Waals surface area contributed by atoms with Crippen LogP contribution in [0, 0.1) is 0 Å². The summed E-state index contributed by atoms with van der Waals surface area (Å²) in [7, 11) is 0. The molecule has 0 radical (unpaired) electrons. The van der Waals surface area contributed by atoms with Crippen molar-refractivity contribution < 1.29 is 28.6 Å². The number of ether oxygens (including phenoxy) is 3. The fraction of sp³-hybridized carbons (Fsp3) is 0.597. The van der Waals surface area contributed by atoms with Gasteiger partial charge >= 0.3 is 17.9 Å². The lowest BCUT2D eigenvalue weighted by Crippen LogP contribution is -2.30. The molecule has 0 rings (SSSR count). The summed E-state index contributed by atoms with van der Waals surface area (Å²) in [5, 5.41) is 0. The standard InChI is InChI=1S/C62H98O6/c1-4-7-10-13-16-19-22-25-28-30-31-32-35-37-40-43-46-49-52-55-61(64)67-58-59(57-66-60(63)54-51-48-45-42-39-36-33-27-24-21-18-15-12-9-6-3)68-62(65)56-53-50-47-44-41-38-34-29-26-23-20-17-14-11-8-5-2/h7,9-10,12-13,15-16,18-19,21-22,24-25,27-28,30-33,35,37,40,59H,4-6,8,11,14,17,20,23,26,29,34,36,38-39,41-58H2,1-3H3/b10-7-,12-9-,16-13-,18-15-,22-19-,24-21-,28-25-,31-30+,33-27-,35-32-,40-37-. The Balaban J connectivity index is 4.54. The summed E-state index contributed by atoms with van der Waals surface area (Å²) in [6.45, 7) is 6.29. The zero-order valence-electron chi connectivity index (χ0n) is 43.6. The predicted molar refractivity (Wildman–Crippen MR) is 292 cm³/mol. The number of esters is 3. The minimum atomic E-state index is -0.811. The van der Waals surface area contributed by atoms with Crippen LogP contribution in [0.15, 0.2) is 134 Å². The average Bonchev–Trinajstić information content (AvgIpc) is 3.34. The number of rotatable bonds is 47. The third kappa shape index (κ3) is 52.5. The molecule has 0 fully saturated rings. The largest absolute Gasteiger partial charge is 0.462 e. The van der Waals surface area contributed by atoms with Crippen LogP contribution in [-0.4, -0.2) is 37.2 Å². The van der Waals surface area contributed by atoms with E-state index in [0.29, 0.717) is 19.3 Å². The van der Waals surface area contributed by atoms with Crippen molar-refractivity contribution in [3.05, 3.63) is 134 Å². The minimum Gasteiger partial charge on any atom is -0.462 e. The minimum absolute atomic E-state index is 0.108. The zero-order valence-corrected chi connectivity index (χ0v) is 43.6. The number of unbranched alkanes of at least 4 members (excludes halogenated alkanes) is 23. The lowest BCUT2D eigenvalue weighted by molar-refractivity contribution is -0.167. The normalized spacial score (nSPS) is 13.2. The van der Waals surface area contributed by atoms with Crippen molar-refractivity contribution in [1.29, 1.82) is 0 Å². The van der Waals surface area contributed by atoms with Gasteiger partial charge in [0.15, 0.2) is 6.10 Å². The summed E-state index contributed by atoms with van der Waals surface area (Å²) in [6.07, 6.45) is 77.1. The molecule has 0 aliphatic carbocycles. The van der Waals surface area contributed by atoms with Crippen molar-refractivity contribution in [1.82, 2.24) is 0 Å². The summed E-state index contributed by atoms with van der Waals surface area (Å²) in [4.78, 5) is 38.1.